The Balaban J connectivity index is 1.49. The SMILES string of the molecule is O=C1CC(c2nc(-c3ccc(Cl)cc3)no2)CN1Cc1ccco1. The van der Waals surface area contributed by atoms with E-state index in [2.05, 4.69) is 10.1 Å². The molecule has 4 rings (SSSR count). The maximum Gasteiger partial charge on any atom is 0.232 e. The third-order valence-electron chi connectivity index (χ3n) is 4.03. The van der Waals surface area contributed by atoms with Crippen LogP contribution in [0.1, 0.15) is 24.0 Å². The number of hydrogen-bond acceptors (Lipinski definition) is 5. The molecule has 3 heterocycles. The molecule has 0 saturated carbocycles. The minimum atomic E-state index is -0.0963. The van der Waals surface area contributed by atoms with Crippen molar-refractivity contribution in [3.63, 3.8) is 0 Å². The van der Waals surface area contributed by atoms with Gasteiger partial charge in [0.2, 0.25) is 17.6 Å². The minimum absolute atomic E-state index is 0.0580. The number of likely N-dealkylation sites (tertiary alicyclic amines) is 1. The van der Waals surface area contributed by atoms with Crippen LogP contribution in [0.2, 0.25) is 5.02 Å². The lowest BCUT2D eigenvalue weighted by Gasteiger charge is -2.13. The zero-order valence-corrected chi connectivity index (χ0v) is 13.4. The number of halogens is 1. The van der Waals surface area contributed by atoms with Gasteiger partial charge in [-0.1, -0.05) is 16.8 Å². The number of aromatic nitrogens is 2. The predicted molar refractivity (Wildman–Crippen MR) is 86.2 cm³/mol. The topological polar surface area (TPSA) is 72.4 Å². The second-order valence-corrected chi connectivity index (χ2v) is 6.15. The number of carbonyl (C=O) groups excluding carboxylic acids is 1. The Hall–Kier alpha value is -2.60. The summed E-state index contributed by atoms with van der Waals surface area (Å²) in [6, 6.07) is 10.9. The first kappa shape index (κ1) is 15.0. The molecule has 1 saturated heterocycles. The number of carbonyl (C=O) groups is 1. The highest BCUT2D eigenvalue weighted by Crippen LogP contribution is 2.29. The van der Waals surface area contributed by atoms with Crippen molar-refractivity contribution in [2.45, 2.75) is 18.9 Å². The van der Waals surface area contributed by atoms with Crippen LogP contribution < -0.4 is 0 Å². The molecule has 0 N–H and O–H groups in total. The summed E-state index contributed by atoms with van der Waals surface area (Å²) in [6.07, 6.45) is 1.97. The van der Waals surface area contributed by atoms with Gasteiger partial charge in [0.25, 0.3) is 0 Å². The first-order chi connectivity index (χ1) is 11.7. The summed E-state index contributed by atoms with van der Waals surface area (Å²) >= 11 is 5.88. The molecule has 1 aliphatic heterocycles. The van der Waals surface area contributed by atoms with Crippen LogP contribution in [0.15, 0.2) is 51.6 Å². The van der Waals surface area contributed by atoms with Crippen molar-refractivity contribution in [3.8, 4) is 11.4 Å². The Morgan fingerprint density at radius 3 is 2.83 bits per heavy atom. The highest BCUT2D eigenvalue weighted by atomic mass is 35.5. The average molecular weight is 344 g/mol. The van der Waals surface area contributed by atoms with Gasteiger partial charge in [-0.2, -0.15) is 4.98 Å². The fraction of sp³-hybridized carbons (Fsp3) is 0.235. The Morgan fingerprint density at radius 2 is 2.08 bits per heavy atom. The summed E-state index contributed by atoms with van der Waals surface area (Å²) in [7, 11) is 0. The fourth-order valence-corrected chi connectivity index (χ4v) is 2.92. The van der Waals surface area contributed by atoms with E-state index in [4.69, 9.17) is 20.5 Å². The Bertz CT molecular complexity index is 842. The van der Waals surface area contributed by atoms with Gasteiger partial charge in [0.05, 0.1) is 18.7 Å². The molecule has 122 valence electrons. The lowest BCUT2D eigenvalue weighted by molar-refractivity contribution is -0.128. The third kappa shape index (κ3) is 2.92. The van der Waals surface area contributed by atoms with E-state index in [1.807, 2.05) is 24.3 Å². The molecule has 7 heteroatoms. The molecule has 0 radical (unpaired) electrons. The summed E-state index contributed by atoms with van der Waals surface area (Å²) < 4.78 is 10.7. The molecule has 6 nitrogen and oxygen atoms in total. The third-order valence-corrected chi connectivity index (χ3v) is 4.29. The maximum atomic E-state index is 12.2. The van der Waals surface area contributed by atoms with Gasteiger partial charge < -0.3 is 13.8 Å². The van der Waals surface area contributed by atoms with Crippen molar-refractivity contribution >= 4 is 17.5 Å². The lowest BCUT2D eigenvalue weighted by atomic mass is 10.1. The molecule has 0 spiro atoms. The van der Waals surface area contributed by atoms with Gasteiger partial charge in [0, 0.05) is 23.6 Å². The Kier molecular flexibility index (Phi) is 3.82. The highest BCUT2D eigenvalue weighted by Gasteiger charge is 2.34. The molecule has 1 unspecified atom stereocenters. The maximum absolute atomic E-state index is 12.2. The quantitative estimate of drug-likeness (QED) is 0.725. The van der Waals surface area contributed by atoms with Gasteiger partial charge in [0.15, 0.2) is 0 Å². The van der Waals surface area contributed by atoms with Gasteiger partial charge in [-0.3, -0.25) is 4.79 Å². The molecule has 1 atom stereocenters. The molecule has 1 amide bonds. The van der Waals surface area contributed by atoms with E-state index >= 15 is 0 Å². The van der Waals surface area contributed by atoms with E-state index < -0.39 is 0 Å². The van der Waals surface area contributed by atoms with Crippen molar-refractivity contribution in [3.05, 3.63) is 59.3 Å². The second kappa shape index (κ2) is 6.13. The number of benzene rings is 1. The van der Waals surface area contributed by atoms with Gasteiger partial charge in [-0.15, -0.1) is 0 Å². The van der Waals surface area contributed by atoms with Crippen LogP contribution in [0.5, 0.6) is 0 Å². The number of nitrogens with zero attached hydrogens (tertiary/aromatic N) is 3. The van der Waals surface area contributed by atoms with Gasteiger partial charge in [-0.25, -0.2) is 0 Å². The average Bonchev–Trinajstić information content (AvgIpc) is 3.31. The van der Waals surface area contributed by atoms with Crippen molar-refractivity contribution in [1.82, 2.24) is 15.0 Å². The summed E-state index contributed by atoms with van der Waals surface area (Å²) in [5.74, 6) is 1.70. The largest absolute Gasteiger partial charge is 0.467 e. The van der Waals surface area contributed by atoms with Gasteiger partial charge in [0.1, 0.15) is 5.76 Å². The van der Waals surface area contributed by atoms with E-state index in [-0.39, 0.29) is 11.8 Å². The highest BCUT2D eigenvalue weighted by molar-refractivity contribution is 6.30. The van der Waals surface area contributed by atoms with Crippen molar-refractivity contribution in [2.75, 3.05) is 6.54 Å². The number of amides is 1. The molecule has 1 aliphatic rings. The van der Waals surface area contributed by atoms with Crippen LogP contribution in [0.25, 0.3) is 11.4 Å². The van der Waals surface area contributed by atoms with E-state index in [9.17, 15) is 4.79 Å². The van der Waals surface area contributed by atoms with Crippen molar-refractivity contribution in [1.29, 1.82) is 0 Å². The fourth-order valence-electron chi connectivity index (χ4n) is 2.80. The zero-order chi connectivity index (χ0) is 16.5. The Morgan fingerprint density at radius 1 is 1.25 bits per heavy atom. The molecular weight excluding hydrogens is 330 g/mol. The molecule has 0 bridgehead atoms. The normalized spacial score (nSPS) is 17.6. The van der Waals surface area contributed by atoms with Crippen LogP contribution in [-0.4, -0.2) is 27.5 Å². The molecule has 0 aliphatic carbocycles. The lowest BCUT2D eigenvalue weighted by Crippen LogP contribution is -2.24. The predicted octanol–water partition coefficient (Wildman–Crippen LogP) is 3.50. The summed E-state index contributed by atoms with van der Waals surface area (Å²) in [4.78, 5) is 18.4. The van der Waals surface area contributed by atoms with E-state index in [0.29, 0.717) is 36.2 Å². The van der Waals surface area contributed by atoms with Crippen LogP contribution in [-0.2, 0) is 11.3 Å². The first-order valence-corrected chi connectivity index (χ1v) is 7.96. The summed E-state index contributed by atoms with van der Waals surface area (Å²) in [5, 5.41) is 4.66. The molecule has 1 aromatic carbocycles. The van der Waals surface area contributed by atoms with Crippen LogP contribution >= 0.6 is 11.6 Å². The van der Waals surface area contributed by atoms with Crippen LogP contribution in [0, 0.1) is 0 Å². The molecule has 2 aromatic heterocycles. The van der Waals surface area contributed by atoms with Crippen molar-refractivity contribution in [2.24, 2.45) is 0 Å². The standard InChI is InChI=1S/C17H14ClN3O3/c18-13-5-3-11(4-6-13)16-19-17(24-20-16)12-8-15(22)21(9-12)10-14-2-1-7-23-14/h1-7,12H,8-10H2. The number of hydrogen-bond donors (Lipinski definition) is 0. The Labute approximate surface area is 143 Å². The number of furan rings is 1. The van der Waals surface area contributed by atoms with Gasteiger partial charge in [-0.05, 0) is 36.4 Å². The monoisotopic (exact) mass is 343 g/mol. The first-order valence-electron chi connectivity index (χ1n) is 7.59. The van der Waals surface area contributed by atoms with E-state index in [1.165, 1.54) is 0 Å². The summed E-state index contributed by atoms with van der Waals surface area (Å²) in [5.41, 5.74) is 0.825. The number of rotatable bonds is 4. The zero-order valence-electron chi connectivity index (χ0n) is 12.7. The summed E-state index contributed by atoms with van der Waals surface area (Å²) in [6.45, 7) is 1.00. The second-order valence-electron chi connectivity index (χ2n) is 5.72. The van der Waals surface area contributed by atoms with Gasteiger partial charge >= 0.3 is 0 Å². The van der Waals surface area contributed by atoms with E-state index in [0.717, 1.165) is 11.3 Å². The molecule has 24 heavy (non-hydrogen) atoms. The molecule has 1 fully saturated rings. The minimum Gasteiger partial charge on any atom is -0.467 e. The van der Waals surface area contributed by atoms with Crippen LogP contribution in [0.4, 0.5) is 0 Å². The molecule has 3 aromatic rings. The van der Waals surface area contributed by atoms with Crippen LogP contribution in [0.3, 0.4) is 0 Å². The molecular formula is C17H14ClN3O3. The van der Waals surface area contributed by atoms with E-state index in [1.54, 1.807) is 23.3 Å². The van der Waals surface area contributed by atoms with Crippen molar-refractivity contribution < 1.29 is 13.7 Å². The smallest absolute Gasteiger partial charge is 0.232 e.